The Labute approximate surface area is 164 Å². The van der Waals surface area contributed by atoms with Gasteiger partial charge >= 0.3 is 0 Å². The Balaban J connectivity index is 1.73. The van der Waals surface area contributed by atoms with Crippen molar-refractivity contribution in [1.29, 1.82) is 10.5 Å². The fourth-order valence-corrected chi connectivity index (χ4v) is 4.87. The van der Waals surface area contributed by atoms with Gasteiger partial charge in [-0.2, -0.15) is 10.5 Å². The van der Waals surface area contributed by atoms with Gasteiger partial charge in [-0.3, -0.25) is 0 Å². The van der Waals surface area contributed by atoms with Crippen molar-refractivity contribution in [2.45, 2.75) is 58.3 Å². The number of hydrogen-bond acceptors (Lipinski definition) is 2. The second-order valence-corrected chi connectivity index (χ2v) is 8.19. The predicted octanol–water partition coefficient (Wildman–Crippen LogP) is 6.68. The Kier molecular flexibility index (Phi) is 6.52. The summed E-state index contributed by atoms with van der Waals surface area (Å²) in [5, 5.41) is 20.0. The standard InChI is InChI=1S/C25H30N2/c1-2-3-5-8-20-11-13-23(14-12-20)25(19-27)16-15-22(17-24(25)18-26)21-9-6-4-7-10-21/h4,6-7,9-10,15-17,20,23-24H,2-3,5,8,11-14H2,1H3. The van der Waals surface area contributed by atoms with Crippen LogP contribution >= 0.6 is 0 Å². The lowest BCUT2D eigenvalue weighted by molar-refractivity contribution is 0.162. The first kappa shape index (κ1) is 19.4. The monoisotopic (exact) mass is 358 g/mol. The van der Waals surface area contributed by atoms with Crippen LogP contribution < -0.4 is 0 Å². The molecule has 2 unspecified atom stereocenters. The zero-order valence-electron chi connectivity index (χ0n) is 16.4. The van der Waals surface area contributed by atoms with E-state index in [2.05, 4.69) is 37.3 Å². The summed E-state index contributed by atoms with van der Waals surface area (Å²) in [4.78, 5) is 0. The SMILES string of the molecule is CCCCCC1CCC(C2(C#N)C=CC(c3ccccc3)=CC2C#N)CC1. The Morgan fingerprint density at radius 2 is 1.78 bits per heavy atom. The van der Waals surface area contributed by atoms with E-state index in [1.54, 1.807) is 0 Å². The molecule has 0 N–H and O–H groups in total. The summed E-state index contributed by atoms with van der Waals surface area (Å²) in [5.41, 5.74) is 1.50. The van der Waals surface area contributed by atoms with Crippen molar-refractivity contribution in [3.63, 3.8) is 0 Å². The molecule has 1 saturated carbocycles. The van der Waals surface area contributed by atoms with E-state index in [1.165, 1.54) is 38.5 Å². The molecule has 0 amide bonds. The summed E-state index contributed by atoms with van der Waals surface area (Å²) < 4.78 is 0. The van der Waals surface area contributed by atoms with Gasteiger partial charge in [0.2, 0.25) is 0 Å². The van der Waals surface area contributed by atoms with Crippen LogP contribution in [0.1, 0.15) is 63.9 Å². The van der Waals surface area contributed by atoms with Crippen molar-refractivity contribution in [2.24, 2.45) is 23.2 Å². The van der Waals surface area contributed by atoms with Gasteiger partial charge in [0, 0.05) is 0 Å². The third-order valence-corrected chi connectivity index (χ3v) is 6.58. The number of benzene rings is 1. The van der Waals surface area contributed by atoms with Crippen LogP contribution in [0.2, 0.25) is 0 Å². The van der Waals surface area contributed by atoms with E-state index in [9.17, 15) is 10.5 Å². The van der Waals surface area contributed by atoms with E-state index in [-0.39, 0.29) is 5.92 Å². The van der Waals surface area contributed by atoms with Crippen molar-refractivity contribution < 1.29 is 0 Å². The molecular formula is C25H30N2. The highest BCUT2D eigenvalue weighted by Gasteiger charge is 2.46. The van der Waals surface area contributed by atoms with Crippen LogP contribution in [0.25, 0.3) is 5.57 Å². The van der Waals surface area contributed by atoms with Gasteiger partial charge in [-0.25, -0.2) is 0 Å². The molecule has 2 atom stereocenters. The molecule has 0 spiro atoms. The maximum Gasteiger partial charge on any atom is 0.0977 e. The van der Waals surface area contributed by atoms with Gasteiger partial charge in [0.25, 0.3) is 0 Å². The third-order valence-electron chi connectivity index (χ3n) is 6.58. The summed E-state index contributed by atoms with van der Waals surface area (Å²) in [6, 6.07) is 15.2. The number of unbranched alkanes of at least 4 members (excludes halogenated alkanes) is 2. The van der Waals surface area contributed by atoms with E-state index in [1.807, 2.05) is 30.4 Å². The minimum Gasteiger partial charge on any atom is -0.198 e. The lowest BCUT2D eigenvalue weighted by Crippen LogP contribution is -2.37. The summed E-state index contributed by atoms with van der Waals surface area (Å²) in [6.45, 7) is 2.25. The van der Waals surface area contributed by atoms with Crippen LogP contribution in [0.4, 0.5) is 0 Å². The van der Waals surface area contributed by atoms with E-state index < -0.39 is 5.41 Å². The van der Waals surface area contributed by atoms with Gasteiger partial charge in [0.05, 0.1) is 23.5 Å². The molecule has 0 bridgehead atoms. The van der Waals surface area contributed by atoms with Crippen LogP contribution in [0.3, 0.4) is 0 Å². The van der Waals surface area contributed by atoms with Gasteiger partial charge in [0.1, 0.15) is 0 Å². The van der Waals surface area contributed by atoms with Crippen molar-refractivity contribution in [2.75, 3.05) is 0 Å². The lowest BCUT2D eigenvalue weighted by Gasteiger charge is -2.41. The molecule has 27 heavy (non-hydrogen) atoms. The first-order valence-electron chi connectivity index (χ1n) is 10.5. The molecule has 0 aliphatic heterocycles. The fraction of sp³-hybridized carbons (Fsp3) is 0.520. The summed E-state index contributed by atoms with van der Waals surface area (Å²) in [7, 11) is 0. The van der Waals surface area contributed by atoms with Gasteiger partial charge in [0.15, 0.2) is 0 Å². The molecule has 3 rings (SSSR count). The smallest absolute Gasteiger partial charge is 0.0977 e. The van der Waals surface area contributed by atoms with Gasteiger partial charge in [-0.05, 0) is 35.8 Å². The predicted molar refractivity (Wildman–Crippen MR) is 110 cm³/mol. The second kappa shape index (κ2) is 9.05. The molecule has 140 valence electrons. The van der Waals surface area contributed by atoms with E-state index in [0.717, 1.165) is 29.9 Å². The quantitative estimate of drug-likeness (QED) is 0.533. The fourth-order valence-electron chi connectivity index (χ4n) is 4.87. The van der Waals surface area contributed by atoms with Crippen molar-refractivity contribution in [3.05, 3.63) is 54.1 Å². The average molecular weight is 359 g/mol. The van der Waals surface area contributed by atoms with Crippen molar-refractivity contribution >= 4 is 5.57 Å². The Morgan fingerprint density at radius 1 is 1.04 bits per heavy atom. The molecule has 2 nitrogen and oxygen atoms in total. The second-order valence-electron chi connectivity index (χ2n) is 8.19. The summed E-state index contributed by atoms with van der Waals surface area (Å²) in [5.74, 6) is 0.732. The van der Waals surface area contributed by atoms with Crippen LogP contribution in [0.5, 0.6) is 0 Å². The molecule has 2 aliphatic rings. The zero-order chi connectivity index (χ0) is 19.1. The Bertz CT molecular complexity index is 754. The van der Waals surface area contributed by atoms with Crippen LogP contribution in [0.15, 0.2) is 48.6 Å². The minimum absolute atomic E-state index is 0.291. The molecule has 1 aromatic rings. The van der Waals surface area contributed by atoms with E-state index in [0.29, 0.717) is 5.92 Å². The maximum absolute atomic E-state index is 10.1. The molecule has 2 heteroatoms. The van der Waals surface area contributed by atoms with Crippen LogP contribution in [-0.2, 0) is 0 Å². The number of rotatable bonds is 6. The highest BCUT2D eigenvalue weighted by atomic mass is 14.5. The van der Waals surface area contributed by atoms with E-state index >= 15 is 0 Å². The third kappa shape index (κ3) is 4.17. The van der Waals surface area contributed by atoms with Gasteiger partial charge in [-0.1, -0.05) is 94.0 Å². The molecule has 0 radical (unpaired) electrons. The minimum atomic E-state index is -0.665. The number of allylic oxidation sites excluding steroid dienone is 4. The molecule has 2 aliphatic carbocycles. The summed E-state index contributed by atoms with van der Waals surface area (Å²) >= 11 is 0. The first-order chi connectivity index (χ1) is 13.2. The topological polar surface area (TPSA) is 47.6 Å². The molecule has 0 heterocycles. The maximum atomic E-state index is 10.1. The van der Waals surface area contributed by atoms with Crippen LogP contribution in [-0.4, -0.2) is 0 Å². The molecule has 0 aromatic heterocycles. The highest BCUT2D eigenvalue weighted by Crippen LogP contribution is 2.49. The molecule has 1 fully saturated rings. The van der Waals surface area contributed by atoms with Crippen molar-refractivity contribution in [3.8, 4) is 12.1 Å². The Morgan fingerprint density at radius 3 is 2.41 bits per heavy atom. The number of nitrogens with zero attached hydrogens (tertiary/aromatic N) is 2. The molecule has 1 aromatic carbocycles. The van der Waals surface area contributed by atoms with Gasteiger partial charge < -0.3 is 0 Å². The lowest BCUT2D eigenvalue weighted by atomic mass is 9.60. The average Bonchev–Trinajstić information content (AvgIpc) is 2.74. The van der Waals surface area contributed by atoms with Gasteiger partial charge in [-0.15, -0.1) is 0 Å². The van der Waals surface area contributed by atoms with E-state index in [4.69, 9.17) is 0 Å². The first-order valence-corrected chi connectivity index (χ1v) is 10.5. The van der Waals surface area contributed by atoms with Crippen molar-refractivity contribution in [1.82, 2.24) is 0 Å². The number of nitriles is 2. The zero-order valence-corrected chi connectivity index (χ0v) is 16.4. The number of hydrogen-bond donors (Lipinski definition) is 0. The summed E-state index contributed by atoms with van der Waals surface area (Å²) in [6.07, 6.45) is 16.0. The molecular weight excluding hydrogens is 328 g/mol. The molecule has 0 saturated heterocycles. The normalized spacial score (nSPS) is 30.2. The highest BCUT2D eigenvalue weighted by molar-refractivity contribution is 5.76. The largest absolute Gasteiger partial charge is 0.198 e. The Hall–Kier alpha value is -2.32. The van der Waals surface area contributed by atoms with Crippen LogP contribution in [0, 0.1) is 45.8 Å².